The molecule has 16 nitrogen and oxygen atoms in total. The number of likely N-dealkylation sites (tertiary alicyclic amines) is 1. The molecule has 1 aliphatic carbocycles. The molecule has 0 radical (unpaired) electrons. The molecule has 3 aromatic heterocycles. The van der Waals surface area contributed by atoms with Gasteiger partial charge in [-0.25, -0.2) is 23.5 Å². The molecule has 12 rings (SSSR count). The van der Waals surface area contributed by atoms with E-state index in [-0.39, 0.29) is 60.9 Å². The largest absolute Gasteiger partial charge is 0.486 e. The van der Waals surface area contributed by atoms with E-state index in [0.717, 1.165) is 88.8 Å². The molecule has 8 heterocycles. The van der Waals surface area contributed by atoms with Crippen LogP contribution in [0, 0.1) is 12.7 Å². The van der Waals surface area contributed by atoms with Gasteiger partial charge in [0.1, 0.15) is 47.8 Å². The average Bonchev–Trinajstić information content (AvgIpc) is 3.57. The Morgan fingerprint density at radius 1 is 0.884 bits per heavy atom. The molecular formula is C52H60FN9O7. The van der Waals surface area contributed by atoms with E-state index < -0.39 is 5.60 Å². The molecule has 362 valence electrons. The summed E-state index contributed by atoms with van der Waals surface area (Å²) in [6, 6.07) is 12.6. The van der Waals surface area contributed by atoms with E-state index in [2.05, 4.69) is 40.2 Å². The number of carbonyl (C=O) groups is 1. The number of anilines is 1. The molecular weight excluding hydrogens is 882 g/mol. The fraction of sp³-hybridized carbons (Fsp3) is 0.538. The maximum Gasteiger partial charge on any atom is 0.410 e. The van der Waals surface area contributed by atoms with Crippen LogP contribution in [-0.4, -0.2) is 115 Å². The molecule has 3 atom stereocenters. The summed E-state index contributed by atoms with van der Waals surface area (Å²) in [5.41, 5.74) is 5.82. The van der Waals surface area contributed by atoms with Crippen LogP contribution < -0.4 is 14.4 Å². The summed E-state index contributed by atoms with van der Waals surface area (Å²) in [6.45, 7) is 12.0. The van der Waals surface area contributed by atoms with E-state index in [0.29, 0.717) is 87.7 Å². The third-order valence-electron chi connectivity index (χ3n) is 14.6. The number of nitrogens with zero attached hydrogens (tertiary/aromatic N) is 9. The van der Waals surface area contributed by atoms with Crippen LogP contribution >= 0.6 is 0 Å². The highest BCUT2D eigenvalue weighted by atomic mass is 19.1. The molecule has 5 saturated heterocycles. The van der Waals surface area contributed by atoms with E-state index in [1.54, 1.807) is 12.4 Å². The van der Waals surface area contributed by atoms with Crippen molar-refractivity contribution in [3.8, 4) is 22.9 Å². The third-order valence-corrected chi connectivity index (χ3v) is 14.6. The fourth-order valence-corrected chi connectivity index (χ4v) is 10.8. The highest BCUT2D eigenvalue weighted by Gasteiger charge is 2.48. The van der Waals surface area contributed by atoms with Crippen molar-refractivity contribution in [2.45, 2.75) is 134 Å². The Balaban J connectivity index is 0.989. The smallest absolute Gasteiger partial charge is 0.410 e. The predicted molar refractivity (Wildman–Crippen MR) is 254 cm³/mol. The summed E-state index contributed by atoms with van der Waals surface area (Å²) in [7, 11) is 0. The second-order valence-corrected chi connectivity index (χ2v) is 20.7. The molecule has 6 fully saturated rings. The first-order chi connectivity index (χ1) is 33.5. The van der Waals surface area contributed by atoms with Gasteiger partial charge >= 0.3 is 12.1 Å². The Hall–Kier alpha value is -5.91. The van der Waals surface area contributed by atoms with Crippen molar-refractivity contribution in [2.75, 3.05) is 51.0 Å². The molecule has 3 aromatic carbocycles. The van der Waals surface area contributed by atoms with Crippen molar-refractivity contribution in [3.05, 3.63) is 82.8 Å². The highest BCUT2D eigenvalue weighted by molar-refractivity contribution is 6.06. The van der Waals surface area contributed by atoms with Gasteiger partial charge in [0.05, 0.1) is 50.2 Å². The normalized spacial score (nSPS) is 22.2. The number of fused-ring (bicyclic) bond motifs is 4. The zero-order valence-corrected chi connectivity index (χ0v) is 39.9. The molecule has 6 aliphatic rings. The standard InChI is InChI=1S/C52H60FN9O7/c1-30-41(53)22-42-40(23-55-62(42)44-7-5-6-16-66-44)45(30)46-38(33-12-13-33)21-39-47(48(46)67-26-32-10-8-31(9-11-32)19-43-54-29-61(58-43)36-27-65-28-36)56-50(68-37-14-17-64-18-15-37)57-49(39)59-24-35-20-34(59)25-60(35)51(63)69-52(2,3)4/h8-11,21-23,29,33-37,44H,5-7,12-20,24-28H2,1-4H3/t34-,35-,44?/m0/s1. The van der Waals surface area contributed by atoms with Crippen molar-refractivity contribution in [1.29, 1.82) is 0 Å². The third kappa shape index (κ3) is 8.64. The van der Waals surface area contributed by atoms with E-state index in [1.807, 2.05) is 48.2 Å². The number of amides is 1. The highest BCUT2D eigenvalue weighted by Crippen LogP contribution is 2.54. The number of ether oxygens (including phenoxy) is 6. The van der Waals surface area contributed by atoms with Crippen LogP contribution in [0.4, 0.5) is 15.0 Å². The quantitative estimate of drug-likeness (QED) is 0.115. The van der Waals surface area contributed by atoms with Crippen LogP contribution in [0.5, 0.6) is 11.8 Å². The molecule has 5 aliphatic heterocycles. The van der Waals surface area contributed by atoms with Crippen LogP contribution in [0.3, 0.4) is 0 Å². The van der Waals surface area contributed by atoms with Gasteiger partial charge < -0.3 is 38.2 Å². The van der Waals surface area contributed by atoms with E-state index in [9.17, 15) is 4.79 Å². The average molecular weight is 942 g/mol. The molecule has 17 heteroatoms. The van der Waals surface area contributed by atoms with Crippen LogP contribution in [0.2, 0.25) is 0 Å². The number of halogens is 1. The van der Waals surface area contributed by atoms with Gasteiger partial charge in [-0.05, 0) is 100 Å². The number of rotatable bonds is 12. The number of hydrogen-bond donors (Lipinski definition) is 0. The lowest BCUT2D eigenvalue weighted by Gasteiger charge is -2.36. The lowest BCUT2D eigenvalue weighted by atomic mass is 9.88. The van der Waals surface area contributed by atoms with Crippen molar-refractivity contribution >= 4 is 33.7 Å². The van der Waals surface area contributed by atoms with Crippen molar-refractivity contribution in [2.24, 2.45) is 0 Å². The summed E-state index contributed by atoms with van der Waals surface area (Å²) in [4.78, 5) is 32.8. The molecule has 2 bridgehead atoms. The van der Waals surface area contributed by atoms with Crippen LogP contribution in [-0.2, 0) is 32.0 Å². The maximum absolute atomic E-state index is 16.7. The maximum atomic E-state index is 16.7. The summed E-state index contributed by atoms with van der Waals surface area (Å²) >= 11 is 0. The van der Waals surface area contributed by atoms with Gasteiger partial charge in [0.25, 0.3) is 0 Å². The Morgan fingerprint density at radius 3 is 2.41 bits per heavy atom. The number of piperazine rings is 1. The minimum Gasteiger partial charge on any atom is -0.486 e. The summed E-state index contributed by atoms with van der Waals surface area (Å²) in [5, 5.41) is 11.3. The van der Waals surface area contributed by atoms with E-state index >= 15 is 4.39 Å². The first-order valence-electron chi connectivity index (χ1n) is 24.9. The monoisotopic (exact) mass is 941 g/mol. The van der Waals surface area contributed by atoms with Gasteiger partial charge in [-0.1, -0.05) is 24.3 Å². The van der Waals surface area contributed by atoms with Crippen molar-refractivity contribution in [3.63, 3.8) is 0 Å². The van der Waals surface area contributed by atoms with Crippen LogP contribution in [0.25, 0.3) is 32.9 Å². The second-order valence-electron chi connectivity index (χ2n) is 20.7. The Kier molecular flexibility index (Phi) is 11.4. The fourth-order valence-electron chi connectivity index (χ4n) is 10.8. The Bertz CT molecular complexity index is 2900. The summed E-state index contributed by atoms with van der Waals surface area (Å²) in [5.74, 6) is 1.92. The zero-order valence-electron chi connectivity index (χ0n) is 39.9. The SMILES string of the molecule is Cc1c(F)cc2c(cnn2C2CCCCO2)c1-c1c(C2CC2)cc2c(N3C[C@@H]4C[C@H]3CN4C(=O)OC(C)(C)C)nc(OC3CCOCC3)nc2c1OCc1ccc(Cc2ncn(C3COC3)n2)cc1. The van der Waals surface area contributed by atoms with Crippen molar-refractivity contribution < 1.29 is 37.6 Å². The lowest BCUT2D eigenvalue weighted by molar-refractivity contribution is -0.0367. The Labute approximate surface area is 400 Å². The first kappa shape index (κ1) is 44.3. The van der Waals surface area contributed by atoms with Crippen molar-refractivity contribution in [1.82, 2.24) is 39.4 Å². The van der Waals surface area contributed by atoms with E-state index in [1.165, 1.54) is 0 Å². The summed E-state index contributed by atoms with van der Waals surface area (Å²) < 4.78 is 57.6. The molecule has 6 aromatic rings. The topological polar surface area (TPSA) is 153 Å². The van der Waals surface area contributed by atoms with Gasteiger partial charge in [0, 0.05) is 66.9 Å². The molecule has 1 amide bonds. The van der Waals surface area contributed by atoms with E-state index in [4.69, 9.17) is 48.6 Å². The first-order valence-corrected chi connectivity index (χ1v) is 24.9. The number of aromatic nitrogens is 7. The number of carbonyl (C=O) groups excluding carboxylic acids is 1. The minimum atomic E-state index is -0.602. The number of hydrogen-bond acceptors (Lipinski definition) is 13. The lowest BCUT2D eigenvalue weighted by Crippen LogP contribution is -2.50. The molecule has 0 spiro atoms. The molecule has 1 unspecified atom stereocenters. The van der Waals surface area contributed by atoms with Gasteiger partial charge in [-0.15, -0.1) is 0 Å². The Morgan fingerprint density at radius 2 is 1.70 bits per heavy atom. The van der Waals surface area contributed by atoms with Gasteiger partial charge in [-0.3, -0.25) is 0 Å². The van der Waals surface area contributed by atoms with Crippen LogP contribution in [0.15, 0.2) is 48.9 Å². The molecule has 0 N–H and O–H groups in total. The molecule has 1 saturated carbocycles. The number of benzene rings is 3. The van der Waals surface area contributed by atoms with Gasteiger partial charge in [0.2, 0.25) is 0 Å². The molecule has 69 heavy (non-hydrogen) atoms. The summed E-state index contributed by atoms with van der Waals surface area (Å²) in [6.07, 6.45) is 10.5. The predicted octanol–water partition coefficient (Wildman–Crippen LogP) is 8.76. The van der Waals surface area contributed by atoms with Crippen LogP contribution in [0.1, 0.15) is 118 Å². The van der Waals surface area contributed by atoms with Gasteiger partial charge in [-0.2, -0.15) is 20.2 Å². The zero-order chi connectivity index (χ0) is 47.0. The minimum absolute atomic E-state index is 0.00222. The van der Waals surface area contributed by atoms with Gasteiger partial charge in [0.15, 0.2) is 17.8 Å². The second kappa shape index (κ2) is 17.8.